The van der Waals surface area contributed by atoms with Gasteiger partial charge in [0.1, 0.15) is 0 Å². The Balaban J connectivity index is 2.38. The lowest BCUT2D eigenvalue weighted by Gasteiger charge is -2.25. The second kappa shape index (κ2) is 2.97. The SMILES string of the molecule is C=N[C@H]1CCCO[C@H]1C. The van der Waals surface area contributed by atoms with Crippen LogP contribution in [0.15, 0.2) is 4.99 Å². The number of rotatable bonds is 1. The molecule has 0 spiro atoms. The van der Waals surface area contributed by atoms with Crippen LogP contribution in [0.3, 0.4) is 0 Å². The molecule has 9 heavy (non-hydrogen) atoms. The lowest BCUT2D eigenvalue weighted by molar-refractivity contribution is 0.0147. The molecule has 1 heterocycles. The molecule has 2 atom stereocenters. The Morgan fingerprint density at radius 1 is 1.67 bits per heavy atom. The second-order valence-corrected chi connectivity index (χ2v) is 2.47. The highest BCUT2D eigenvalue weighted by Gasteiger charge is 2.19. The van der Waals surface area contributed by atoms with Gasteiger partial charge in [-0.05, 0) is 26.5 Å². The summed E-state index contributed by atoms with van der Waals surface area (Å²) in [6.45, 7) is 6.45. The van der Waals surface area contributed by atoms with Crippen molar-refractivity contribution in [2.75, 3.05) is 6.61 Å². The van der Waals surface area contributed by atoms with E-state index in [9.17, 15) is 0 Å². The van der Waals surface area contributed by atoms with Gasteiger partial charge in [0.25, 0.3) is 0 Å². The van der Waals surface area contributed by atoms with Crippen molar-refractivity contribution in [3.63, 3.8) is 0 Å². The molecule has 0 bridgehead atoms. The van der Waals surface area contributed by atoms with Crippen LogP contribution in [0, 0.1) is 0 Å². The summed E-state index contributed by atoms with van der Waals surface area (Å²) < 4.78 is 5.35. The van der Waals surface area contributed by atoms with E-state index in [1.54, 1.807) is 0 Å². The van der Waals surface area contributed by atoms with Gasteiger partial charge in [0.2, 0.25) is 0 Å². The van der Waals surface area contributed by atoms with Crippen LogP contribution >= 0.6 is 0 Å². The van der Waals surface area contributed by atoms with Crippen molar-refractivity contribution in [1.29, 1.82) is 0 Å². The molecule has 1 saturated heterocycles. The highest BCUT2D eigenvalue weighted by molar-refractivity contribution is 5.24. The average molecular weight is 127 g/mol. The van der Waals surface area contributed by atoms with Crippen molar-refractivity contribution in [3.05, 3.63) is 0 Å². The van der Waals surface area contributed by atoms with E-state index in [0.717, 1.165) is 19.4 Å². The first-order valence-corrected chi connectivity index (χ1v) is 3.42. The van der Waals surface area contributed by atoms with Gasteiger partial charge in [-0.3, -0.25) is 4.99 Å². The minimum Gasteiger partial charge on any atom is -0.376 e. The van der Waals surface area contributed by atoms with Gasteiger partial charge in [0.05, 0.1) is 12.1 Å². The number of nitrogens with zero attached hydrogens (tertiary/aromatic N) is 1. The zero-order chi connectivity index (χ0) is 6.69. The minimum atomic E-state index is 0.288. The summed E-state index contributed by atoms with van der Waals surface area (Å²) in [5.74, 6) is 0. The molecular formula is C7H13NO. The fourth-order valence-corrected chi connectivity index (χ4v) is 1.15. The summed E-state index contributed by atoms with van der Waals surface area (Å²) in [7, 11) is 0. The van der Waals surface area contributed by atoms with Crippen LogP contribution in [-0.4, -0.2) is 25.5 Å². The number of hydrogen-bond acceptors (Lipinski definition) is 2. The molecule has 1 fully saturated rings. The Morgan fingerprint density at radius 3 is 2.89 bits per heavy atom. The third-order valence-electron chi connectivity index (χ3n) is 1.80. The average Bonchev–Trinajstić information content (AvgIpc) is 1.89. The Kier molecular flexibility index (Phi) is 2.22. The molecule has 1 rings (SSSR count). The van der Waals surface area contributed by atoms with E-state index in [2.05, 4.69) is 18.6 Å². The lowest BCUT2D eigenvalue weighted by atomic mass is 10.1. The minimum absolute atomic E-state index is 0.288. The normalized spacial score (nSPS) is 36.1. The van der Waals surface area contributed by atoms with Gasteiger partial charge in [0, 0.05) is 6.61 Å². The predicted molar refractivity (Wildman–Crippen MR) is 38.0 cm³/mol. The maximum Gasteiger partial charge on any atom is 0.0770 e. The van der Waals surface area contributed by atoms with Crippen molar-refractivity contribution >= 4 is 6.72 Å². The molecule has 2 nitrogen and oxygen atoms in total. The highest BCUT2D eigenvalue weighted by atomic mass is 16.5. The topological polar surface area (TPSA) is 21.6 Å². The van der Waals surface area contributed by atoms with Gasteiger partial charge < -0.3 is 4.74 Å². The molecule has 0 aromatic carbocycles. The van der Waals surface area contributed by atoms with Crippen molar-refractivity contribution in [1.82, 2.24) is 0 Å². The molecule has 0 aromatic rings. The van der Waals surface area contributed by atoms with Gasteiger partial charge in [-0.25, -0.2) is 0 Å². The molecule has 52 valence electrons. The van der Waals surface area contributed by atoms with Crippen molar-refractivity contribution < 1.29 is 4.74 Å². The van der Waals surface area contributed by atoms with Crippen molar-refractivity contribution in [2.45, 2.75) is 31.9 Å². The predicted octanol–water partition coefficient (Wildman–Crippen LogP) is 1.25. The van der Waals surface area contributed by atoms with Crippen LogP contribution in [0.4, 0.5) is 0 Å². The van der Waals surface area contributed by atoms with Crippen LogP contribution in [0.2, 0.25) is 0 Å². The highest BCUT2D eigenvalue weighted by Crippen LogP contribution is 2.15. The Bertz CT molecular complexity index is 103. The van der Waals surface area contributed by atoms with Gasteiger partial charge in [-0.2, -0.15) is 0 Å². The fourth-order valence-electron chi connectivity index (χ4n) is 1.15. The molecule has 0 N–H and O–H groups in total. The van der Waals surface area contributed by atoms with E-state index in [1.807, 2.05) is 0 Å². The first kappa shape index (κ1) is 6.75. The first-order chi connectivity index (χ1) is 4.34. The largest absolute Gasteiger partial charge is 0.376 e. The molecule has 0 saturated carbocycles. The van der Waals surface area contributed by atoms with Crippen LogP contribution < -0.4 is 0 Å². The Labute approximate surface area is 55.9 Å². The molecule has 0 unspecified atom stereocenters. The number of aliphatic imine (C=N–C) groups is 1. The quantitative estimate of drug-likeness (QED) is 0.486. The van der Waals surface area contributed by atoms with Gasteiger partial charge >= 0.3 is 0 Å². The van der Waals surface area contributed by atoms with Crippen molar-refractivity contribution in [3.8, 4) is 0 Å². The lowest BCUT2D eigenvalue weighted by Crippen LogP contribution is -2.29. The molecule has 0 aromatic heterocycles. The van der Waals surface area contributed by atoms with Crippen LogP contribution in [0.1, 0.15) is 19.8 Å². The van der Waals surface area contributed by atoms with Crippen LogP contribution in [-0.2, 0) is 4.74 Å². The maximum atomic E-state index is 5.35. The van der Waals surface area contributed by atoms with E-state index >= 15 is 0 Å². The third-order valence-corrected chi connectivity index (χ3v) is 1.80. The number of ether oxygens (including phenoxy) is 1. The van der Waals surface area contributed by atoms with E-state index in [4.69, 9.17) is 4.74 Å². The number of hydrogen-bond donors (Lipinski definition) is 0. The summed E-state index contributed by atoms with van der Waals surface area (Å²) >= 11 is 0. The van der Waals surface area contributed by atoms with E-state index < -0.39 is 0 Å². The first-order valence-electron chi connectivity index (χ1n) is 3.42. The molecular weight excluding hydrogens is 114 g/mol. The summed E-state index contributed by atoms with van der Waals surface area (Å²) in [5.41, 5.74) is 0. The fraction of sp³-hybridized carbons (Fsp3) is 0.857. The second-order valence-electron chi connectivity index (χ2n) is 2.47. The molecule has 0 aliphatic carbocycles. The zero-order valence-corrected chi connectivity index (χ0v) is 5.84. The molecule has 0 radical (unpaired) electrons. The van der Waals surface area contributed by atoms with Crippen LogP contribution in [0.5, 0.6) is 0 Å². The van der Waals surface area contributed by atoms with Crippen LogP contribution in [0.25, 0.3) is 0 Å². The molecule has 0 amide bonds. The third kappa shape index (κ3) is 1.52. The summed E-state index contributed by atoms with van der Waals surface area (Å²) in [6, 6.07) is 0.346. The maximum absolute atomic E-state index is 5.35. The molecule has 2 heteroatoms. The van der Waals surface area contributed by atoms with Gasteiger partial charge in [-0.15, -0.1) is 0 Å². The summed E-state index contributed by atoms with van der Waals surface area (Å²) in [6.07, 6.45) is 2.56. The zero-order valence-electron chi connectivity index (χ0n) is 5.84. The standard InChI is InChI=1S/C7H13NO/c1-6-7(8-2)4-3-5-9-6/h6-7H,2-5H2,1H3/t6-,7-/m0/s1. The monoisotopic (exact) mass is 127 g/mol. The summed E-state index contributed by atoms with van der Waals surface area (Å²) in [4.78, 5) is 3.95. The van der Waals surface area contributed by atoms with E-state index in [1.165, 1.54) is 0 Å². The molecule has 1 aliphatic heterocycles. The summed E-state index contributed by atoms with van der Waals surface area (Å²) in [5, 5.41) is 0. The smallest absolute Gasteiger partial charge is 0.0770 e. The Hall–Kier alpha value is -0.370. The van der Waals surface area contributed by atoms with Gasteiger partial charge in [-0.1, -0.05) is 0 Å². The van der Waals surface area contributed by atoms with Gasteiger partial charge in [0.15, 0.2) is 0 Å². The van der Waals surface area contributed by atoms with E-state index in [-0.39, 0.29) is 6.10 Å². The van der Waals surface area contributed by atoms with E-state index in [0.29, 0.717) is 6.04 Å². The Morgan fingerprint density at radius 2 is 2.44 bits per heavy atom. The van der Waals surface area contributed by atoms with Crippen molar-refractivity contribution in [2.24, 2.45) is 4.99 Å². The molecule has 1 aliphatic rings.